The Kier molecular flexibility index (Phi) is 9.61. The van der Waals surface area contributed by atoms with Crippen molar-refractivity contribution in [2.45, 2.75) is 57.1 Å². The fourth-order valence-electron chi connectivity index (χ4n) is 5.94. The molecule has 48 heavy (non-hydrogen) atoms. The summed E-state index contributed by atoms with van der Waals surface area (Å²) in [6.07, 6.45) is 4.13. The molecule has 5 aromatic rings. The third-order valence-corrected chi connectivity index (χ3v) is 13.0. The Balaban J connectivity index is 1.37. The first kappa shape index (κ1) is 32.8. The molecule has 0 heterocycles. The summed E-state index contributed by atoms with van der Waals surface area (Å²) in [5.41, 5.74) is 5.80. The van der Waals surface area contributed by atoms with Crippen LogP contribution in [0.5, 0.6) is 0 Å². The number of hydrogen-bond donors (Lipinski definition) is 0. The van der Waals surface area contributed by atoms with E-state index in [1.54, 1.807) is 47.0 Å². The molecule has 2 aliphatic carbocycles. The molecule has 2 nitrogen and oxygen atoms in total. The molecule has 5 aromatic carbocycles. The van der Waals surface area contributed by atoms with Crippen LogP contribution in [0.15, 0.2) is 161 Å². The second kappa shape index (κ2) is 14.0. The molecule has 2 atom stereocenters. The summed E-state index contributed by atoms with van der Waals surface area (Å²) >= 11 is 6.30. The minimum absolute atomic E-state index is 0.0107. The van der Waals surface area contributed by atoms with Crippen molar-refractivity contribution in [1.82, 2.24) is 0 Å². The number of carbonyl (C=O) groups is 2. The maximum absolute atomic E-state index is 15.1. The van der Waals surface area contributed by atoms with Crippen LogP contribution in [0.2, 0.25) is 0 Å². The summed E-state index contributed by atoms with van der Waals surface area (Å²) < 4.78 is 0. The highest BCUT2D eigenvalue weighted by Gasteiger charge is 2.48. The van der Waals surface area contributed by atoms with E-state index in [0.29, 0.717) is 11.1 Å². The van der Waals surface area contributed by atoms with Gasteiger partial charge in [-0.3, -0.25) is 9.59 Å². The highest BCUT2D eigenvalue weighted by molar-refractivity contribution is 8.03. The Hall–Kier alpha value is -3.68. The SMILES string of the molecule is Cc1ccc(SC2=CC=C(Sc3ccc(C)cc3)C3C(=O)c4c(Sc5ccc(C)cc5)ccc(Sc5ccc(C)cc5)c4C(=O)C23)cc1. The van der Waals surface area contributed by atoms with Crippen LogP contribution in [0.4, 0.5) is 0 Å². The average Bonchev–Trinajstić information content (AvgIpc) is 3.08. The van der Waals surface area contributed by atoms with Gasteiger partial charge in [-0.1, -0.05) is 130 Å². The molecule has 7 rings (SSSR count). The molecule has 0 aromatic heterocycles. The molecular formula is C42H34O2S4. The lowest BCUT2D eigenvalue weighted by Crippen LogP contribution is -2.39. The molecular weight excluding hydrogens is 665 g/mol. The molecule has 0 radical (unpaired) electrons. The fraction of sp³-hybridized carbons (Fsp3) is 0.143. The first-order valence-corrected chi connectivity index (χ1v) is 19.2. The van der Waals surface area contributed by atoms with Crippen molar-refractivity contribution in [3.05, 3.63) is 165 Å². The van der Waals surface area contributed by atoms with Crippen LogP contribution in [0.25, 0.3) is 0 Å². The maximum atomic E-state index is 15.1. The number of aryl methyl sites for hydroxylation is 4. The van der Waals surface area contributed by atoms with Gasteiger partial charge in [-0.05, 0) is 88.4 Å². The molecule has 0 fully saturated rings. The Labute approximate surface area is 299 Å². The molecule has 6 heteroatoms. The zero-order chi connectivity index (χ0) is 33.4. The van der Waals surface area contributed by atoms with E-state index in [9.17, 15) is 0 Å². The molecule has 0 bridgehead atoms. The second-order valence-corrected chi connectivity index (χ2v) is 16.8. The van der Waals surface area contributed by atoms with Crippen LogP contribution in [-0.4, -0.2) is 11.6 Å². The van der Waals surface area contributed by atoms with Gasteiger partial charge in [0, 0.05) is 50.3 Å². The van der Waals surface area contributed by atoms with Crippen molar-refractivity contribution in [2.75, 3.05) is 0 Å². The number of Topliss-reactive ketones (excluding diaryl/α,β-unsaturated/α-hetero) is 2. The third-order valence-electron chi connectivity index (χ3n) is 8.56. The van der Waals surface area contributed by atoms with E-state index in [0.717, 1.165) is 39.2 Å². The minimum Gasteiger partial charge on any atom is -0.293 e. The van der Waals surface area contributed by atoms with Crippen LogP contribution in [0.1, 0.15) is 43.0 Å². The van der Waals surface area contributed by atoms with Gasteiger partial charge in [-0.25, -0.2) is 0 Å². The van der Waals surface area contributed by atoms with E-state index >= 15 is 9.59 Å². The predicted octanol–water partition coefficient (Wildman–Crippen LogP) is 12.2. The second-order valence-electron chi connectivity index (χ2n) is 12.3. The number of fused-ring (bicyclic) bond motifs is 2. The van der Waals surface area contributed by atoms with Crippen LogP contribution in [0, 0.1) is 39.5 Å². The van der Waals surface area contributed by atoms with Crippen molar-refractivity contribution >= 4 is 58.6 Å². The van der Waals surface area contributed by atoms with E-state index < -0.39 is 11.8 Å². The van der Waals surface area contributed by atoms with Crippen LogP contribution >= 0.6 is 47.0 Å². The summed E-state index contributed by atoms with van der Waals surface area (Å²) in [7, 11) is 0. The van der Waals surface area contributed by atoms with Gasteiger partial charge in [0.25, 0.3) is 0 Å². The Morgan fingerprint density at radius 1 is 0.375 bits per heavy atom. The molecule has 0 N–H and O–H groups in total. The molecule has 0 aliphatic heterocycles. The number of hydrogen-bond acceptors (Lipinski definition) is 6. The summed E-state index contributed by atoms with van der Waals surface area (Å²) in [6.45, 7) is 8.28. The van der Waals surface area contributed by atoms with E-state index in [4.69, 9.17) is 0 Å². The zero-order valence-electron chi connectivity index (χ0n) is 27.2. The highest BCUT2D eigenvalue weighted by atomic mass is 32.2. The summed E-state index contributed by atoms with van der Waals surface area (Å²) in [5, 5.41) is 0. The molecule has 238 valence electrons. The van der Waals surface area contributed by atoms with Crippen molar-refractivity contribution in [3.63, 3.8) is 0 Å². The number of allylic oxidation sites excluding steroid dienone is 4. The zero-order valence-corrected chi connectivity index (χ0v) is 30.4. The molecule has 0 saturated carbocycles. The minimum atomic E-state index is -0.605. The number of thioether (sulfide) groups is 2. The van der Waals surface area contributed by atoms with Crippen LogP contribution < -0.4 is 0 Å². The summed E-state index contributed by atoms with van der Waals surface area (Å²) in [5.74, 6) is -1.19. The van der Waals surface area contributed by atoms with Gasteiger partial charge >= 0.3 is 0 Å². The monoisotopic (exact) mass is 698 g/mol. The van der Waals surface area contributed by atoms with Gasteiger partial charge in [0.05, 0.1) is 11.8 Å². The smallest absolute Gasteiger partial charge is 0.173 e. The highest BCUT2D eigenvalue weighted by Crippen LogP contribution is 2.53. The standard InChI is InChI=1S/C42H34O2S4/c1-25-5-13-29(14-6-25)45-33-21-22-34(46-30-15-7-26(2)8-16-30)38-37(33)41(43)39-35(47-31-17-9-27(3)10-18-31)23-24-36(40(39)42(38)44)48-32-19-11-28(4)12-20-32/h5-24,37-38H,1-4H3. The first-order chi connectivity index (χ1) is 23.2. The molecule has 2 unspecified atom stereocenters. The van der Waals surface area contributed by atoms with Gasteiger partial charge in [0.15, 0.2) is 11.6 Å². The molecule has 2 aliphatic rings. The largest absolute Gasteiger partial charge is 0.293 e. The lowest BCUT2D eigenvalue weighted by Gasteiger charge is -2.37. The van der Waals surface area contributed by atoms with Crippen LogP contribution in [-0.2, 0) is 0 Å². The number of benzene rings is 5. The summed E-state index contributed by atoms with van der Waals surface area (Å²) in [4.78, 5) is 37.9. The normalized spacial score (nSPS) is 17.0. The third kappa shape index (κ3) is 6.90. The van der Waals surface area contributed by atoms with Gasteiger partial charge in [0.2, 0.25) is 0 Å². The predicted molar refractivity (Wildman–Crippen MR) is 203 cm³/mol. The number of carbonyl (C=O) groups excluding carboxylic acids is 2. The van der Waals surface area contributed by atoms with E-state index in [1.807, 2.05) is 12.1 Å². The van der Waals surface area contributed by atoms with E-state index in [-0.39, 0.29) is 11.6 Å². The fourth-order valence-corrected chi connectivity index (χ4v) is 9.98. The van der Waals surface area contributed by atoms with Crippen molar-refractivity contribution in [2.24, 2.45) is 11.8 Å². The first-order valence-electron chi connectivity index (χ1n) is 15.9. The molecule has 0 amide bonds. The average molecular weight is 699 g/mol. The van der Waals surface area contributed by atoms with E-state index in [1.165, 1.54) is 22.3 Å². The number of rotatable bonds is 8. The quantitative estimate of drug-likeness (QED) is 0.160. The van der Waals surface area contributed by atoms with Crippen molar-refractivity contribution in [1.29, 1.82) is 0 Å². The number of ketones is 2. The van der Waals surface area contributed by atoms with Gasteiger partial charge in [0.1, 0.15) is 0 Å². The molecule has 0 saturated heterocycles. The van der Waals surface area contributed by atoms with Gasteiger partial charge in [-0.15, -0.1) is 0 Å². The topological polar surface area (TPSA) is 34.1 Å². The molecule has 0 spiro atoms. The van der Waals surface area contributed by atoms with Gasteiger partial charge < -0.3 is 0 Å². The van der Waals surface area contributed by atoms with Gasteiger partial charge in [-0.2, -0.15) is 0 Å². The Bertz CT molecular complexity index is 1920. The van der Waals surface area contributed by atoms with Crippen LogP contribution in [0.3, 0.4) is 0 Å². The van der Waals surface area contributed by atoms with E-state index in [2.05, 4.69) is 137 Å². The lowest BCUT2D eigenvalue weighted by atomic mass is 9.72. The summed E-state index contributed by atoms with van der Waals surface area (Å²) in [6, 6.07) is 37.4. The Morgan fingerprint density at radius 3 is 0.938 bits per heavy atom. The van der Waals surface area contributed by atoms with Crippen molar-refractivity contribution in [3.8, 4) is 0 Å². The van der Waals surface area contributed by atoms with Crippen molar-refractivity contribution < 1.29 is 9.59 Å². The lowest BCUT2D eigenvalue weighted by molar-refractivity contribution is 0.0791. The maximum Gasteiger partial charge on any atom is 0.173 e. The Morgan fingerprint density at radius 2 is 0.646 bits per heavy atom.